The monoisotopic (exact) mass is 394 g/mol. The van der Waals surface area contributed by atoms with Crippen molar-refractivity contribution in [3.63, 3.8) is 0 Å². The Morgan fingerprint density at radius 1 is 1.07 bits per heavy atom. The van der Waals surface area contributed by atoms with E-state index >= 15 is 0 Å². The minimum absolute atomic E-state index is 0.000526. The molecule has 1 aromatic rings. The summed E-state index contributed by atoms with van der Waals surface area (Å²) < 4.78 is 27.2. The molecule has 8 nitrogen and oxygen atoms in total. The Hall–Kier alpha value is -2.03. The highest BCUT2D eigenvalue weighted by Crippen LogP contribution is 2.38. The van der Waals surface area contributed by atoms with Crippen LogP contribution in [0.5, 0.6) is 17.2 Å². The fourth-order valence-electron chi connectivity index (χ4n) is 3.73. The average molecular weight is 394 g/mol. The molecule has 0 aromatic heterocycles. The Morgan fingerprint density at radius 3 is 2.21 bits per heavy atom. The highest BCUT2D eigenvalue weighted by Gasteiger charge is 2.30. The first-order valence-corrected chi connectivity index (χ1v) is 9.65. The van der Waals surface area contributed by atoms with Crippen LogP contribution in [0.25, 0.3) is 0 Å². The standard InChI is InChI=1S/C20H30N2O6/c1-24-16-10-14(11-17(25-2)19(16)26-3)12-21-18(23)13-22-6-4-15(5-7-22)20-27-8-9-28-20/h10-11,15,20H,4-9,12-13H2,1-3H3,(H,21,23). The van der Waals surface area contributed by atoms with Gasteiger partial charge in [-0.2, -0.15) is 0 Å². The van der Waals surface area contributed by atoms with Crippen LogP contribution in [0, 0.1) is 5.92 Å². The molecule has 3 rings (SSSR count). The zero-order chi connectivity index (χ0) is 19.9. The minimum atomic E-state index is -0.0593. The van der Waals surface area contributed by atoms with Gasteiger partial charge in [0.1, 0.15) is 0 Å². The minimum Gasteiger partial charge on any atom is -0.493 e. The van der Waals surface area contributed by atoms with Crippen LogP contribution in [0.15, 0.2) is 12.1 Å². The van der Waals surface area contributed by atoms with Gasteiger partial charge in [0.05, 0.1) is 41.1 Å². The number of nitrogens with one attached hydrogen (secondary N) is 1. The second-order valence-corrected chi connectivity index (χ2v) is 7.03. The zero-order valence-electron chi connectivity index (χ0n) is 16.9. The summed E-state index contributed by atoms with van der Waals surface area (Å²) in [5.41, 5.74) is 0.886. The molecule has 0 atom stereocenters. The van der Waals surface area contributed by atoms with Crippen molar-refractivity contribution in [2.75, 3.05) is 54.2 Å². The van der Waals surface area contributed by atoms with E-state index in [-0.39, 0.29) is 12.2 Å². The molecule has 1 aromatic carbocycles. The van der Waals surface area contributed by atoms with Crippen molar-refractivity contribution in [2.45, 2.75) is 25.7 Å². The van der Waals surface area contributed by atoms with Crippen LogP contribution >= 0.6 is 0 Å². The Bertz CT molecular complexity index is 629. The van der Waals surface area contributed by atoms with Crippen molar-refractivity contribution in [3.8, 4) is 17.2 Å². The van der Waals surface area contributed by atoms with Gasteiger partial charge in [0.15, 0.2) is 17.8 Å². The van der Waals surface area contributed by atoms with Gasteiger partial charge in [0, 0.05) is 12.5 Å². The first-order chi connectivity index (χ1) is 13.6. The number of carbonyl (C=O) groups is 1. The number of likely N-dealkylation sites (tertiary alicyclic amines) is 1. The number of carbonyl (C=O) groups excluding carboxylic acids is 1. The fraction of sp³-hybridized carbons (Fsp3) is 0.650. The summed E-state index contributed by atoms with van der Waals surface area (Å²) in [6.45, 7) is 3.93. The smallest absolute Gasteiger partial charge is 0.234 e. The van der Waals surface area contributed by atoms with E-state index in [9.17, 15) is 4.79 Å². The van der Waals surface area contributed by atoms with Crippen LogP contribution in [0.3, 0.4) is 0 Å². The Morgan fingerprint density at radius 2 is 1.68 bits per heavy atom. The third kappa shape index (κ3) is 5.06. The Balaban J connectivity index is 1.47. The predicted octanol–water partition coefficient (Wildman–Crippen LogP) is 1.41. The molecule has 0 unspecified atom stereocenters. The summed E-state index contributed by atoms with van der Waals surface area (Å²) in [6.07, 6.45) is 1.92. The lowest BCUT2D eigenvalue weighted by atomic mass is 9.96. The van der Waals surface area contributed by atoms with Gasteiger partial charge in [-0.1, -0.05) is 0 Å². The molecule has 1 amide bonds. The molecular weight excluding hydrogens is 364 g/mol. The summed E-state index contributed by atoms with van der Waals surface area (Å²) in [6, 6.07) is 3.68. The molecule has 1 N–H and O–H groups in total. The van der Waals surface area contributed by atoms with Gasteiger partial charge in [0.25, 0.3) is 0 Å². The van der Waals surface area contributed by atoms with Crippen molar-refractivity contribution in [2.24, 2.45) is 5.92 Å². The quantitative estimate of drug-likeness (QED) is 0.714. The number of hydrogen-bond acceptors (Lipinski definition) is 7. The van der Waals surface area contributed by atoms with E-state index in [4.69, 9.17) is 23.7 Å². The lowest BCUT2D eigenvalue weighted by molar-refractivity contribution is -0.124. The molecule has 0 aliphatic carbocycles. The first-order valence-electron chi connectivity index (χ1n) is 9.65. The van der Waals surface area contributed by atoms with E-state index in [1.165, 1.54) is 0 Å². The Labute approximate surface area is 166 Å². The van der Waals surface area contributed by atoms with Crippen molar-refractivity contribution in [1.82, 2.24) is 10.2 Å². The molecular formula is C20H30N2O6. The summed E-state index contributed by atoms with van der Waals surface area (Å²) in [7, 11) is 4.71. The molecule has 28 heavy (non-hydrogen) atoms. The van der Waals surface area contributed by atoms with Gasteiger partial charge >= 0.3 is 0 Å². The largest absolute Gasteiger partial charge is 0.493 e. The summed E-state index contributed by atoms with van der Waals surface area (Å²) in [5.74, 6) is 2.12. The predicted molar refractivity (Wildman–Crippen MR) is 103 cm³/mol. The van der Waals surface area contributed by atoms with Crippen LogP contribution in [-0.2, 0) is 20.8 Å². The maximum atomic E-state index is 12.4. The molecule has 0 saturated carbocycles. The third-order valence-electron chi connectivity index (χ3n) is 5.25. The van der Waals surface area contributed by atoms with Crippen molar-refractivity contribution >= 4 is 5.91 Å². The van der Waals surface area contributed by atoms with Crippen LogP contribution in [0.1, 0.15) is 18.4 Å². The van der Waals surface area contributed by atoms with Crippen LogP contribution in [0.2, 0.25) is 0 Å². The Kier molecular flexibility index (Phi) is 7.36. The van der Waals surface area contributed by atoms with E-state index in [1.54, 1.807) is 21.3 Å². The van der Waals surface area contributed by atoms with Crippen LogP contribution < -0.4 is 19.5 Å². The lowest BCUT2D eigenvalue weighted by Gasteiger charge is -2.33. The van der Waals surface area contributed by atoms with Gasteiger partial charge in [-0.05, 0) is 43.6 Å². The summed E-state index contributed by atoms with van der Waals surface area (Å²) >= 11 is 0. The molecule has 0 spiro atoms. The molecule has 0 radical (unpaired) electrons. The molecule has 2 aliphatic rings. The molecule has 2 aliphatic heterocycles. The van der Waals surface area contributed by atoms with Gasteiger partial charge in [-0.15, -0.1) is 0 Å². The highest BCUT2D eigenvalue weighted by molar-refractivity contribution is 5.78. The van der Waals surface area contributed by atoms with Crippen molar-refractivity contribution < 1.29 is 28.5 Å². The maximum absolute atomic E-state index is 12.4. The molecule has 156 valence electrons. The number of hydrogen-bond donors (Lipinski definition) is 1. The van der Waals surface area contributed by atoms with Crippen molar-refractivity contribution in [1.29, 1.82) is 0 Å². The number of amides is 1. The first kappa shape index (κ1) is 20.7. The molecule has 2 fully saturated rings. The van der Waals surface area contributed by atoms with E-state index < -0.39 is 0 Å². The number of nitrogens with zero attached hydrogens (tertiary/aromatic N) is 1. The molecule has 2 saturated heterocycles. The van der Waals surface area contributed by atoms with Crippen LogP contribution in [0.4, 0.5) is 0 Å². The molecule has 2 heterocycles. The SMILES string of the molecule is COc1cc(CNC(=O)CN2CCC(C3OCCO3)CC2)cc(OC)c1OC. The van der Waals surface area contributed by atoms with Gasteiger partial charge in [-0.3, -0.25) is 9.69 Å². The number of rotatable bonds is 8. The molecule has 8 heteroatoms. The normalized spacial score (nSPS) is 18.8. The van der Waals surface area contributed by atoms with Crippen LogP contribution in [-0.4, -0.2) is 71.3 Å². The van der Waals surface area contributed by atoms with Gasteiger partial charge < -0.3 is 29.0 Å². The second kappa shape index (κ2) is 9.95. The van der Waals surface area contributed by atoms with E-state index in [1.807, 2.05) is 12.1 Å². The van der Waals surface area contributed by atoms with E-state index in [2.05, 4.69) is 10.2 Å². The maximum Gasteiger partial charge on any atom is 0.234 e. The number of ether oxygens (including phenoxy) is 5. The van der Waals surface area contributed by atoms with Gasteiger partial charge in [-0.25, -0.2) is 0 Å². The second-order valence-electron chi connectivity index (χ2n) is 7.03. The van der Waals surface area contributed by atoms with Gasteiger partial charge in [0.2, 0.25) is 11.7 Å². The number of piperidine rings is 1. The molecule has 0 bridgehead atoms. The summed E-state index contributed by atoms with van der Waals surface area (Å²) in [4.78, 5) is 14.5. The van der Waals surface area contributed by atoms with E-state index in [0.29, 0.717) is 49.5 Å². The van der Waals surface area contributed by atoms with Crippen molar-refractivity contribution in [3.05, 3.63) is 17.7 Å². The zero-order valence-corrected chi connectivity index (χ0v) is 16.9. The van der Waals surface area contributed by atoms with E-state index in [0.717, 1.165) is 31.5 Å². The third-order valence-corrected chi connectivity index (χ3v) is 5.25. The fourth-order valence-corrected chi connectivity index (χ4v) is 3.73. The number of methoxy groups -OCH3 is 3. The summed E-state index contributed by atoms with van der Waals surface area (Å²) in [5, 5.41) is 2.97. The topological polar surface area (TPSA) is 78.5 Å². The lowest BCUT2D eigenvalue weighted by Crippen LogP contribution is -2.43. The average Bonchev–Trinajstić information content (AvgIpc) is 3.26. The number of benzene rings is 1. The highest BCUT2D eigenvalue weighted by atomic mass is 16.7.